The van der Waals surface area contributed by atoms with E-state index in [0.29, 0.717) is 35.7 Å². The maximum atomic E-state index is 12.8. The first-order valence-electron chi connectivity index (χ1n) is 9.96. The molecule has 0 saturated carbocycles. The molecule has 1 saturated heterocycles. The number of fused-ring (bicyclic) bond motifs is 1. The minimum absolute atomic E-state index is 0.231. The Labute approximate surface area is 180 Å². The summed E-state index contributed by atoms with van der Waals surface area (Å²) < 4.78 is 15.9. The van der Waals surface area contributed by atoms with E-state index in [1.54, 1.807) is 37.3 Å². The number of anilines is 2. The lowest BCUT2D eigenvalue weighted by molar-refractivity contribution is 0.208. The van der Waals surface area contributed by atoms with Crippen molar-refractivity contribution in [2.45, 2.75) is 0 Å². The first-order valence-corrected chi connectivity index (χ1v) is 9.96. The highest BCUT2D eigenvalue weighted by Crippen LogP contribution is 2.26. The average molecular weight is 423 g/mol. The third-order valence-corrected chi connectivity index (χ3v) is 5.24. The number of piperazine rings is 1. The molecule has 1 aliphatic heterocycles. The van der Waals surface area contributed by atoms with Crippen LogP contribution in [0.3, 0.4) is 0 Å². The maximum Gasteiger partial charge on any atom is 0.323 e. The van der Waals surface area contributed by atoms with Gasteiger partial charge in [0, 0.05) is 44.0 Å². The molecule has 0 unspecified atom stereocenters. The van der Waals surface area contributed by atoms with Crippen LogP contribution in [0.1, 0.15) is 0 Å². The van der Waals surface area contributed by atoms with Gasteiger partial charge < -0.3 is 24.0 Å². The molecule has 162 valence electrons. The highest BCUT2D eigenvalue weighted by Gasteiger charge is 2.23. The highest BCUT2D eigenvalue weighted by atomic mass is 16.5. The number of aromatic nitrogens is 2. The van der Waals surface area contributed by atoms with Crippen LogP contribution < -0.4 is 24.4 Å². The predicted molar refractivity (Wildman–Crippen MR) is 118 cm³/mol. The fourth-order valence-electron chi connectivity index (χ4n) is 3.52. The standard InChI is InChI=1S/C22H25N5O4/c1-29-16-6-4-5-15(13-16)26-9-11-27(12-10-26)22(28)25-20-21(31-3)24-19-14-17(30-2)7-8-18(19)23-20/h4-8,13-14H,9-12H2,1-3H3,(H,23,25,28). The van der Waals surface area contributed by atoms with Gasteiger partial charge in [-0.2, -0.15) is 0 Å². The van der Waals surface area contributed by atoms with E-state index >= 15 is 0 Å². The van der Waals surface area contributed by atoms with Gasteiger partial charge in [0.2, 0.25) is 0 Å². The number of hydrogen-bond donors (Lipinski definition) is 1. The molecule has 1 aliphatic rings. The Bertz CT molecular complexity index is 1080. The fraction of sp³-hybridized carbons (Fsp3) is 0.318. The van der Waals surface area contributed by atoms with E-state index in [-0.39, 0.29) is 11.9 Å². The van der Waals surface area contributed by atoms with Gasteiger partial charge in [0.1, 0.15) is 11.5 Å². The van der Waals surface area contributed by atoms with Gasteiger partial charge in [0.25, 0.3) is 5.88 Å². The van der Waals surface area contributed by atoms with Crippen LogP contribution in [-0.4, -0.2) is 68.4 Å². The molecule has 0 aliphatic carbocycles. The molecule has 0 spiro atoms. The molecule has 1 fully saturated rings. The number of methoxy groups -OCH3 is 3. The lowest BCUT2D eigenvalue weighted by atomic mass is 10.2. The van der Waals surface area contributed by atoms with Gasteiger partial charge >= 0.3 is 6.03 Å². The molecule has 0 atom stereocenters. The van der Waals surface area contributed by atoms with Gasteiger partial charge in [0.05, 0.1) is 32.4 Å². The SMILES string of the molecule is COc1cccc(N2CCN(C(=O)Nc3nc4ccc(OC)cc4nc3OC)CC2)c1. The monoisotopic (exact) mass is 423 g/mol. The van der Waals surface area contributed by atoms with Crippen molar-refractivity contribution in [1.82, 2.24) is 14.9 Å². The molecular weight excluding hydrogens is 398 g/mol. The molecule has 2 amide bonds. The first kappa shape index (κ1) is 20.5. The van der Waals surface area contributed by atoms with Crippen LogP contribution in [0.4, 0.5) is 16.3 Å². The van der Waals surface area contributed by atoms with Gasteiger partial charge in [-0.15, -0.1) is 0 Å². The van der Waals surface area contributed by atoms with Gasteiger partial charge in [-0.05, 0) is 24.3 Å². The van der Waals surface area contributed by atoms with Crippen molar-refractivity contribution in [3.05, 3.63) is 42.5 Å². The van der Waals surface area contributed by atoms with Gasteiger partial charge in [-0.3, -0.25) is 5.32 Å². The lowest BCUT2D eigenvalue weighted by Crippen LogP contribution is -2.50. The Kier molecular flexibility index (Phi) is 5.92. The predicted octanol–water partition coefficient (Wildman–Crippen LogP) is 3.01. The molecule has 1 N–H and O–H groups in total. The smallest absolute Gasteiger partial charge is 0.323 e. The van der Waals surface area contributed by atoms with E-state index < -0.39 is 0 Å². The summed E-state index contributed by atoms with van der Waals surface area (Å²) in [6.07, 6.45) is 0. The quantitative estimate of drug-likeness (QED) is 0.675. The Balaban J connectivity index is 1.44. The molecule has 0 bridgehead atoms. The zero-order chi connectivity index (χ0) is 21.8. The Hall–Kier alpha value is -3.75. The molecule has 2 heterocycles. The molecule has 0 radical (unpaired) electrons. The lowest BCUT2D eigenvalue weighted by Gasteiger charge is -2.36. The summed E-state index contributed by atoms with van der Waals surface area (Å²) in [5.41, 5.74) is 2.35. The summed E-state index contributed by atoms with van der Waals surface area (Å²) in [4.78, 5) is 25.8. The molecule has 3 aromatic rings. The van der Waals surface area contributed by atoms with Crippen LogP contribution >= 0.6 is 0 Å². The Morgan fingerprint density at radius 3 is 2.32 bits per heavy atom. The zero-order valence-electron chi connectivity index (χ0n) is 17.8. The number of hydrogen-bond acceptors (Lipinski definition) is 7. The number of rotatable bonds is 5. The first-order chi connectivity index (χ1) is 15.1. The van der Waals surface area contributed by atoms with Crippen LogP contribution in [0.25, 0.3) is 11.0 Å². The summed E-state index contributed by atoms with van der Waals surface area (Å²) in [7, 11) is 4.74. The third kappa shape index (κ3) is 4.40. The second-order valence-electron chi connectivity index (χ2n) is 7.04. The summed E-state index contributed by atoms with van der Waals surface area (Å²) in [6, 6.07) is 13.1. The fourth-order valence-corrected chi connectivity index (χ4v) is 3.52. The zero-order valence-corrected chi connectivity index (χ0v) is 17.8. The molecule has 9 heteroatoms. The number of carbonyl (C=O) groups is 1. The van der Waals surface area contributed by atoms with E-state index in [0.717, 1.165) is 24.5 Å². The maximum absolute atomic E-state index is 12.8. The van der Waals surface area contributed by atoms with E-state index in [2.05, 4.69) is 20.2 Å². The van der Waals surface area contributed by atoms with Crippen LogP contribution in [0.15, 0.2) is 42.5 Å². The third-order valence-electron chi connectivity index (χ3n) is 5.24. The van der Waals surface area contributed by atoms with Crippen molar-refractivity contribution >= 4 is 28.6 Å². The Morgan fingerprint density at radius 2 is 1.61 bits per heavy atom. The van der Waals surface area contributed by atoms with Crippen LogP contribution in [0.2, 0.25) is 0 Å². The van der Waals surface area contributed by atoms with E-state index in [4.69, 9.17) is 14.2 Å². The largest absolute Gasteiger partial charge is 0.497 e. The normalized spacial score (nSPS) is 13.8. The van der Waals surface area contributed by atoms with Crippen LogP contribution in [0.5, 0.6) is 17.4 Å². The summed E-state index contributed by atoms with van der Waals surface area (Å²) >= 11 is 0. The highest BCUT2D eigenvalue weighted by molar-refractivity contribution is 5.91. The van der Waals surface area contributed by atoms with Gasteiger partial charge in [0.15, 0.2) is 5.82 Å². The van der Waals surface area contributed by atoms with Crippen molar-refractivity contribution in [2.24, 2.45) is 0 Å². The Morgan fingerprint density at radius 1 is 0.871 bits per heavy atom. The molecule has 2 aromatic carbocycles. The number of ether oxygens (including phenoxy) is 3. The van der Waals surface area contributed by atoms with Crippen molar-refractivity contribution in [3.8, 4) is 17.4 Å². The number of urea groups is 1. The number of nitrogens with zero attached hydrogens (tertiary/aromatic N) is 4. The number of nitrogens with one attached hydrogen (secondary N) is 1. The second kappa shape index (κ2) is 8.95. The van der Waals surface area contributed by atoms with Crippen LogP contribution in [0, 0.1) is 0 Å². The molecule has 31 heavy (non-hydrogen) atoms. The number of amides is 2. The molecular formula is C22H25N5O4. The van der Waals surface area contributed by atoms with Crippen molar-refractivity contribution in [2.75, 3.05) is 57.7 Å². The van der Waals surface area contributed by atoms with Crippen molar-refractivity contribution in [1.29, 1.82) is 0 Å². The van der Waals surface area contributed by atoms with E-state index in [9.17, 15) is 4.79 Å². The summed E-state index contributed by atoms with van der Waals surface area (Å²) in [5.74, 6) is 2.04. The molecule has 9 nitrogen and oxygen atoms in total. The molecule has 1 aromatic heterocycles. The van der Waals surface area contributed by atoms with Crippen molar-refractivity contribution in [3.63, 3.8) is 0 Å². The van der Waals surface area contributed by atoms with E-state index in [1.807, 2.05) is 24.3 Å². The number of benzene rings is 2. The van der Waals surface area contributed by atoms with E-state index in [1.165, 1.54) is 7.11 Å². The minimum Gasteiger partial charge on any atom is -0.497 e. The second-order valence-corrected chi connectivity index (χ2v) is 7.04. The van der Waals surface area contributed by atoms with Crippen LogP contribution in [-0.2, 0) is 0 Å². The van der Waals surface area contributed by atoms with Gasteiger partial charge in [-0.1, -0.05) is 6.07 Å². The molecule has 4 rings (SSSR count). The summed E-state index contributed by atoms with van der Waals surface area (Å²) in [5, 5.41) is 2.84. The minimum atomic E-state index is -0.231. The summed E-state index contributed by atoms with van der Waals surface area (Å²) in [6.45, 7) is 2.62. The average Bonchev–Trinajstić information content (AvgIpc) is 2.83. The number of carbonyl (C=O) groups excluding carboxylic acids is 1. The van der Waals surface area contributed by atoms with Crippen molar-refractivity contribution < 1.29 is 19.0 Å². The topological polar surface area (TPSA) is 89.1 Å². The van der Waals surface area contributed by atoms with Gasteiger partial charge in [-0.25, -0.2) is 14.8 Å².